The van der Waals surface area contributed by atoms with Gasteiger partial charge in [0.15, 0.2) is 11.5 Å². The Labute approximate surface area is 200 Å². The Balaban J connectivity index is 0.00000149. The summed E-state index contributed by atoms with van der Waals surface area (Å²) >= 11 is 0. The summed E-state index contributed by atoms with van der Waals surface area (Å²) in [4.78, 5) is 16.2. The van der Waals surface area contributed by atoms with Gasteiger partial charge in [-0.25, -0.2) is 0 Å². The minimum atomic E-state index is -0.275. The quantitative estimate of drug-likeness (QED) is 0.630. The van der Waals surface area contributed by atoms with Gasteiger partial charge in [-0.3, -0.25) is 9.69 Å². The maximum absolute atomic E-state index is 11.6. The van der Waals surface area contributed by atoms with Crippen LogP contribution in [0.4, 0.5) is 5.69 Å². The van der Waals surface area contributed by atoms with Crippen LogP contribution in [0.15, 0.2) is 48.5 Å². The molecule has 0 bridgehead atoms. The van der Waals surface area contributed by atoms with Crippen LogP contribution >= 0.6 is 0 Å². The van der Waals surface area contributed by atoms with E-state index in [1.807, 2.05) is 12.1 Å². The van der Waals surface area contributed by atoms with Gasteiger partial charge < -0.3 is 25.8 Å². The van der Waals surface area contributed by atoms with E-state index in [9.17, 15) is 4.79 Å². The molecule has 1 atom stereocenters. The highest BCUT2D eigenvalue weighted by Gasteiger charge is 2.29. The fourth-order valence-corrected chi connectivity index (χ4v) is 4.76. The van der Waals surface area contributed by atoms with Crippen LogP contribution in [0.2, 0.25) is 0 Å². The van der Waals surface area contributed by atoms with Crippen molar-refractivity contribution in [1.82, 2.24) is 4.90 Å². The zero-order valence-electron chi connectivity index (χ0n) is 19.9. The normalized spacial score (nSPS) is 19.0. The first-order valence-electron chi connectivity index (χ1n) is 11.9. The second kappa shape index (κ2) is 12.5. The minimum absolute atomic E-state index is 0. The Hall–Kier alpha value is -2.77. The van der Waals surface area contributed by atoms with Gasteiger partial charge in [-0.1, -0.05) is 30.3 Å². The number of primary amides is 1. The Morgan fingerprint density at radius 3 is 2.45 bits per heavy atom. The highest BCUT2D eigenvalue weighted by atomic mass is 16.5. The van der Waals surface area contributed by atoms with Crippen LogP contribution in [0, 0.1) is 0 Å². The maximum Gasteiger partial charge on any atom is 0.231 e. The molecule has 2 aliphatic rings. The molecule has 1 aliphatic carbocycles. The zero-order valence-corrected chi connectivity index (χ0v) is 19.9. The van der Waals surface area contributed by atoms with Crippen LogP contribution < -0.4 is 25.8 Å². The summed E-state index contributed by atoms with van der Waals surface area (Å²) in [6, 6.07) is 16.9. The van der Waals surface area contributed by atoms with Gasteiger partial charge in [0.05, 0.1) is 19.8 Å². The number of carbonyl (C=O) groups excluding carboxylic acids is 1. The first kappa shape index (κ1) is 24.9. The molecule has 1 aliphatic heterocycles. The standard InChI is InChI=1S/C25H33N3O3.CH5N.2H2/c1-30-23-12-11-20(16-24(23)31-22-9-5-6-10-22)27-13-14-28(18-25(26)29)21(17-27)15-19-7-3-2-4-8-19;1-2;;/h2-4,7-8,11-12,16,21-22H,5-6,9-10,13-15,17-18H2,1H3,(H2,26,29);2H2,1H3;2*1H/t21-;;;/m0.../s1. The number of amides is 1. The highest BCUT2D eigenvalue weighted by molar-refractivity contribution is 5.76. The van der Waals surface area contributed by atoms with Crippen LogP contribution in [0.3, 0.4) is 0 Å². The molecule has 1 amide bonds. The Bertz CT molecular complexity index is 882. The molecule has 7 heteroatoms. The number of benzene rings is 2. The van der Waals surface area contributed by atoms with E-state index in [0.717, 1.165) is 56.1 Å². The first-order valence-corrected chi connectivity index (χ1v) is 11.9. The molecule has 0 aromatic heterocycles. The number of ether oxygens (including phenoxy) is 2. The molecule has 2 aromatic carbocycles. The molecule has 1 saturated carbocycles. The second-order valence-corrected chi connectivity index (χ2v) is 8.59. The molecule has 7 nitrogen and oxygen atoms in total. The Morgan fingerprint density at radius 1 is 1.06 bits per heavy atom. The summed E-state index contributed by atoms with van der Waals surface area (Å²) in [6.45, 7) is 2.76. The number of rotatable bonds is 8. The van der Waals surface area contributed by atoms with E-state index in [-0.39, 0.29) is 20.9 Å². The first-order chi connectivity index (χ1) is 16.1. The molecule has 0 radical (unpaired) electrons. The van der Waals surface area contributed by atoms with Gasteiger partial charge in [-0.05, 0) is 56.8 Å². The van der Waals surface area contributed by atoms with Gasteiger partial charge in [0, 0.05) is 40.3 Å². The minimum Gasteiger partial charge on any atom is -0.493 e. The number of carbonyl (C=O) groups is 1. The predicted octanol–water partition coefficient (Wildman–Crippen LogP) is 3.30. The summed E-state index contributed by atoms with van der Waals surface area (Å²) in [6.07, 6.45) is 5.84. The van der Waals surface area contributed by atoms with Gasteiger partial charge in [-0.15, -0.1) is 0 Å². The molecule has 2 aromatic rings. The third-order valence-electron chi connectivity index (χ3n) is 6.39. The third kappa shape index (κ3) is 6.85. The lowest BCUT2D eigenvalue weighted by Gasteiger charge is -2.42. The van der Waals surface area contributed by atoms with Crippen molar-refractivity contribution in [3.8, 4) is 11.5 Å². The van der Waals surface area contributed by atoms with Crippen molar-refractivity contribution in [2.24, 2.45) is 11.5 Å². The van der Waals surface area contributed by atoms with Crippen LogP contribution in [0.1, 0.15) is 34.1 Å². The van der Waals surface area contributed by atoms with E-state index in [4.69, 9.17) is 15.2 Å². The van der Waals surface area contributed by atoms with Crippen molar-refractivity contribution >= 4 is 11.6 Å². The van der Waals surface area contributed by atoms with Gasteiger partial charge in [-0.2, -0.15) is 0 Å². The number of methoxy groups -OCH3 is 1. The van der Waals surface area contributed by atoms with Crippen molar-refractivity contribution in [3.05, 3.63) is 54.1 Å². The average molecular weight is 459 g/mol. The maximum atomic E-state index is 11.6. The molecule has 1 heterocycles. The monoisotopic (exact) mass is 458 g/mol. The molecular formula is C26H42N4O3. The SMILES string of the molecule is CN.COc1ccc(N2CCN(CC(N)=O)[C@@H](Cc3ccccc3)C2)cc1OC1CCCC1.[HH].[HH]. The topological polar surface area (TPSA) is 94.0 Å². The zero-order chi connectivity index (χ0) is 23.6. The van der Waals surface area contributed by atoms with Crippen LogP contribution in [0.25, 0.3) is 0 Å². The molecule has 0 spiro atoms. The fraction of sp³-hybridized carbons (Fsp3) is 0.500. The summed E-state index contributed by atoms with van der Waals surface area (Å²) < 4.78 is 11.9. The van der Waals surface area contributed by atoms with E-state index < -0.39 is 0 Å². The second-order valence-electron chi connectivity index (χ2n) is 8.59. The van der Waals surface area contributed by atoms with Gasteiger partial charge in [0.1, 0.15) is 0 Å². The molecule has 184 valence electrons. The number of nitrogens with two attached hydrogens (primary N) is 2. The molecule has 4 rings (SSSR count). The van der Waals surface area contributed by atoms with Crippen molar-refractivity contribution in [2.75, 3.05) is 45.2 Å². The smallest absolute Gasteiger partial charge is 0.231 e. The summed E-state index contributed by atoms with van der Waals surface area (Å²) in [7, 11) is 3.19. The largest absolute Gasteiger partial charge is 0.493 e. The molecule has 0 unspecified atom stereocenters. The molecule has 1 saturated heterocycles. The van der Waals surface area contributed by atoms with Crippen LogP contribution in [0.5, 0.6) is 11.5 Å². The highest BCUT2D eigenvalue weighted by Crippen LogP contribution is 2.35. The lowest BCUT2D eigenvalue weighted by atomic mass is 10.0. The number of hydrogen-bond donors (Lipinski definition) is 2. The Kier molecular flexibility index (Phi) is 9.39. The lowest BCUT2D eigenvalue weighted by molar-refractivity contribution is -0.119. The lowest BCUT2D eigenvalue weighted by Crippen LogP contribution is -2.56. The van der Waals surface area contributed by atoms with E-state index in [1.165, 1.54) is 25.5 Å². The molecule has 4 N–H and O–H groups in total. The predicted molar refractivity (Wildman–Crippen MR) is 137 cm³/mol. The van der Waals surface area contributed by atoms with Gasteiger partial charge in [0.2, 0.25) is 5.91 Å². The molecule has 2 fully saturated rings. The van der Waals surface area contributed by atoms with Crippen LogP contribution in [-0.4, -0.2) is 63.3 Å². The van der Waals surface area contributed by atoms with Gasteiger partial charge in [0.25, 0.3) is 0 Å². The number of piperazine rings is 1. The fourth-order valence-electron chi connectivity index (χ4n) is 4.76. The molecule has 33 heavy (non-hydrogen) atoms. The molecular weight excluding hydrogens is 416 g/mol. The van der Waals surface area contributed by atoms with Crippen molar-refractivity contribution < 1.29 is 17.1 Å². The van der Waals surface area contributed by atoms with Crippen molar-refractivity contribution in [2.45, 2.75) is 44.2 Å². The average Bonchev–Trinajstić information content (AvgIpc) is 3.35. The van der Waals surface area contributed by atoms with E-state index >= 15 is 0 Å². The summed E-state index contributed by atoms with van der Waals surface area (Å²) in [5.41, 5.74) is 12.4. The Morgan fingerprint density at radius 2 is 1.79 bits per heavy atom. The number of nitrogens with zero attached hydrogens (tertiary/aromatic N) is 2. The number of hydrogen-bond acceptors (Lipinski definition) is 6. The third-order valence-corrected chi connectivity index (χ3v) is 6.39. The summed E-state index contributed by atoms with van der Waals surface area (Å²) in [5, 5.41) is 0. The van der Waals surface area contributed by atoms with Crippen molar-refractivity contribution in [3.63, 3.8) is 0 Å². The summed E-state index contributed by atoms with van der Waals surface area (Å²) in [5.74, 6) is 1.33. The van der Waals surface area contributed by atoms with Gasteiger partial charge >= 0.3 is 0 Å². The van der Waals surface area contributed by atoms with E-state index in [0.29, 0.717) is 6.54 Å². The van der Waals surface area contributed by atoms with E-state index in [2.05, 4.69) is 51.9 Å². The van der Waals surface area contributed by atoms with E-state index in [1.54, 1.807) is 7.11 Å². The van der Waals surface area contributed by atoms with Crippen LogP contribution in [-0.2, 0) is 11.2 Å². The number of anilines is 1. The van der Waals surface area contributed by atoms with Crippen molar-refractivity contribution in [1.29, 1.82) is 0 Å².